The number of aromatic amines is 1. The number of thiol groups is 1. The fraction of sp³-hybridized carbons (Fsp3) is 0.345. The number of guanidine groups is 1. The number of carbonyl (C=O) groups is 4. The number of amides is 3. The molecule has 0 aliphatic carbocycles. The van der Waals surface area contributed by atoms with Crippen molar-refractivity contribution in [3.8, 4) is 0 Å². The van der Waals surface area contributed by atoms with Gasteiger partial charge in [-0.1, -0.05) is 48.5 Å². The van der Waals surface area contributed by atoms with Crippen LogP contribution in [0.3, 0.4) is 0 Å². The normalized spacial score (nSPS) is 13.7. The summed E-state index contributed by atoms with van der Waals surface area (Å²) in [6.45, 7) is 0.208. The minimum Gasteiger partial charge on any atom is -0.480 e. The molecule has 0 aliphatic heterocycles. The second-order valence-electron chi connectivity index (χ2n) is 10.0. The number of hydrogen-bond acceptors (Lipinski definition) is 7. The summed E-state index contributed by atoms with van der Waals surface area (Å²) in [5.74, 6) is -3.41. The maximum absolute atomic E-state index is 13.3. The van der Waals surface area contributed by atoms with E-state index in [1.807, 2.05) is 24.3 Å². The van der Waals surface area contributed by atoms with E-state index in [2.05, 4.69) is 38.6 Å². The summed E-state index contributed by atoms with van der Waals surface area (Å²) in [6, 6.07) is 12.0. The van der Waals surface area contributed by atoms with Gasteiger partial charge in [-0.25, -0.2) is 4.79 Å². The number of carboxylic acids is 1. The maximum Gasteiger partial charge on any atom is 0.326 e. The number of para-hydroxylation sites is 1. The Morgan fingerprint density at radius 1 is 0.860 bits per heavy atom. The van der Waals surface area contributed by atoms with Crippen molar-refractivity contribution in [2.75, 3.05) is 12.3 Å². The molecule has 1 aromatic heterocycles. The summed E-state index contributed by atoms with van der Waals surface area (Å²) in [6.07, 6.45) is 2.53. The van der Waals surface area contributed by atoms with Crippen molar-refractivity contribution < 1.29 is 24.3 Å². The second-order valence-corrected chi connectivity index (χ2v) is 10.4. The molecule has 14 heteroatoms. The highest BCUT2D eigenvalue weighted by Crippen LogP contribution is 2.19. The minimum absolute atomic E-state index is 0.0486. The molecule has 0 saturated heterocycles. The van der Waals surface area contributed by atoms with Crippen LogP contribution >= 0.6 is 12.6 Å². The Kier molecular flexibility index (Phi) is 12.4. The van der Waals surface area contributed by atoms with Gasteiger partial charge in [-0.3, -0.25) is 19.4 Å². The third kappa shape index (κ3) is 10.0. The SMILES string of the molecule is NC(N)=NCCCC(NC(=O)C(N)Cc1c[nH]c2ccccc12)C(=O)NC(CS)C(=O)NC(Cc1ccccc1)C(=O)O. The van der Waals surface area contributed by atoms with Crippen molar-refractivity contribution in [3.63, 3.8) is 0 Å². The second kappa shape index (κ2) is 16.2. The quantitative estimate of drug-likeness (QED) is 0.0455. The number of aromatic nitrogens is 1. The molecule has 4 unspecified atom stereocenters. The van der Waals surface area contributed by atoms with Gasteiger partial charge in [-0.15, -0.1) is 0 Å². The zero-order valence-electron chi connectivity index (χ0n) is 23.5. The topological polar surface area (TPSA) is 231 Å². The van der Waals surface area contributed by atoms with Crippen LogP contribution in [0.5, 0.6) is 0 Å². The lowest BCUT2D eigenvalue weighted by Crippen LogP contribution is -2.58. The molecule has 0 radical (unpaired) electrons. The first-order chi connectivity index (χ1) is 20.6. The molecule has 3 aromatic rings. The highest BCUT2D eigenvalue weighted by molar-refractivity contribution is 7.80. The van der Waals surface area contributed by atoms with Crippen molar-refractivity contribution >= 4 is 53.2 Å². The van der Waals surface area contributed by atoms with E-state index in [0.29, 0.717) is 12.0 Å². The first-order valence-electron chi connectivity index (χ1n) is 13.7. The molecule has 4 atom stereocenters. The number of aliphatic imine (C=N–C) groups is 1. The summed E-state index contributed by atoms with van der Waals surface area (Å²) < 4.78 is 0. The number of rotatable bonds is 16. The summed E-state index contributed by atoms with van der Waals surface area (Å²) >= 11 is 4.18. The number of carbonyl (C=O) groups excluding carboxylic acids is 3. The van der Waals surface area contributed by atoms with Gasteiger partial charge in [0.2, 0.25) is 17.7 Å². The molecule has 3 rings (SSSR count). The third-order valence-electron chi connectivity index (χ3n) is 6.74. The largest absolute Gasteiger partial charge is 0.480 e. The van der Waals surface area contributed by atoms with E-state index in [1.165, 1.54) is 0 Å². The third-order valence-corrected chi connectivity index (χ3v) is 7.11. The summed E-state index contributed by atoms with van der Waals surface area (Å²) in [7, 11) is 0. The number of nitrogens with two attached hydrogens (primary N) is 3. The Bertz CT molecular complexity index is 1430. The van der Waals surface area contributed by atoms with Crippen LogP contribution in [0.25, 0.3) is 10.9 Å². The molecule has 0 fully saturated rings. The van der Waals surface area contributed by atoms with Crippen LogP contribution in [-0.2, 0) is 32.0 Å². The van der Waals surface area contributed by atoms with E-state index in [0.717, 1.165) is 16.5 Å². The first kappa shape index (κ1) is 32.9. The molecule has 0 bridgehead atoms. The van der Waals surface area contributed by atoms with Crippen molar-refractivity contribution in [2.24, 2.45) is 22.2 Å². The van der Waals surface area contributed by atoms with Gasteiger partial charge >= 0.3 is 5.97 Å². The van der Waals surface area contributed by atoms with E-state index >= 15 is 0 Å². The average molecular weight is 611 g/mol. The predicted octanol–water partition coefficient (Wildman–Crippen LogP) is -0.197. The van der Waals surface area contributed by atoms with Gasteiger partial charge < -0.3 is 43.2 Å². The molecule has 0 saturated carbocycles. The molecule has 0 spiro atoms. The van der Waals surface area contributed by atoms with E-state index in [9.17, 15) is 24.3 Å². The maximum atomic E-state index is 13.3. The van der Waals surface area contributed by atoms with E-state index in [4.69, 9.17) is 17.2 Å². The standard InChI is InChI=1S/C29H38N8O5S/c30-20(14-18-15-34-21-10-5-4-9-19(18)21)25(38)35-22(11-6-12-33-29(31)32)26(39)37-24(16-43)27(40)36-23(28(41)42)13-17-7-2-1-3-8-17/h1-5,7-10,15,20,22-24,34,43H,6,11-14,16,30H2,(H,35,38)(H,36,40)(H,37,39)(H,41,42)(H4,31,32,33). The van der Waals surface area contributed by atoms with Crippen LogP contribution in [0.15, 0.2) is 65.8 Å². The van der Waals surface area contributed by atoms with Crippen LogP contribution in [-0.4, -0.2) is 76.2 Å². The lowest BCUT2D eigenvalue weighted by molar-refractivity contribution is -0.142. The van der Waals surface area contributed by atoms with E-state index < -0.39 is 47.9 Å². The van der Waals surface area contributed by atoms with E-state index in [-0.39, 0.29) is 37.5 Å². The molecular weight excluding hydrogens is 572 g/mol. The Morgan fingerprint density at radius 3 is 2.16 bits per heavy atom. The van der Waals surface area contributed by atoms with Gasteiger partial charge in [0, 0.05) is 35.8 Å². The number of nitrogens with one attached hydrogen (secondary N) is 4. The Labute approximate surface area is 254 Å². The summed E-state index contributed by atoms with van der Waals surface area (Å²) in [4.78, 5) is 58.3. The molecule has 3 amide bonds. The molecule has 0 aliphatic rings. The Morgan fingerprint density at radius 2 is 1.49 bits per heavy atom. The Balaban J connectivity index is 1.67. The van der Waals surface area contributed by atoms with Crippen LogP contribution in [0, 0.1) is 0 Å². The molecule has 11 N–H and O–H groups in total. The van der Waals surface area contributed by atoms with Gasteiger partial charge in [0.15, 0.2) is 5.96 Å². The van der Waals surface area contributed by atoms with Crippen LogP contribution in [0.4, 0.5) is 0 Å². The fourth-order valence-electron chi connectivity index (χ4n) is 4.47. The molecule has 13 nitrogen and oxygen atoms in total. The van der Waals surface area contributed by atoms with Crippen LogP contribution < -0.4 is 33.2 Å². The number of nitrogens with zero attached hydrogens (tertiary/aromatic N) is 1. The first-order valence-corrected chi connectivity index (χ1v) is 14.4. The zero-order valence-corrected chi connectivity index (χ0v) is 24.4. The van der Waals surface area contributed by atoms with Gasteiger partial charge in [0.1, 0.15) is 18.1 Å². The minimum atomic E-state index is -1.23. The van der Waals surface area contributed by atoms with Crippen molar-refractivity contribution in [1.82, 2.24) is 20.9 Å². The molecular formula is C29H38N8O5S. The highest BCUT2D eigenvalue weighted by Gasteiger charge is 2.30. The van der Waals surface area contributed by atoms with Gasteiger partial charge in [-0.2, -0.15) is 12.6 Å². The highest BCUT2D eigenvalue weighted by atomic mass is 32.1. The van der Waals surface area contributed by atoms with Crippen molar-refractivity contribution in [2.45, 2.75) is 49.9 Å². The number of H-pyrrole nitrogens is 1. The molecule has 1 heterocycles. The van der Waals surface area contributed by atoms with Gasteiger partial charge in [0.05, 0.1) is 6.04 Å². The lowest BCUT2D eigenvalue weighted by Gasteiger charge is -2.24. The summed E-state index contributed by atoms with van der Waals surface area (Å²) in [5, 5.41) is 18.3. The number of fused-ring (bicyclic) bond motifs is 1. The van der Waals surface area contributed by atoms with Gasteiger partial charge in [-0.05, 0) is 36.5 Å². The molecule has 2 aromatic carbocycles. The lowest BCUT2D eigenvalue weighted by atomic mass is 10.0. The Hall–Kier alpha value is -4.56. The fourth-order valence-corrected chi connectivity index (χ4v) is 4.73. The number of carboxylic acid groups (broad SMARTS) is 1. The smallest absolute Gasteiger partial charge is 0.326 e. The number of aliphatic carboxylic acids is 1. The number of benzene rings is 2. The van der Waals surface area contributed by atoms with E-state index in [1.54, 1.807) is 36.5 Å². The summed E-state index contributed by atoms with van der Waals surface area (Å²) in [5.41, 5.74) is 19.5. The monoisotopic (exact) mass is 610 g/mol. The van der Waals surface area contributed by atoms with Crippen LogP contribution in [0.2, 0.25) is 0 Å². The van der Waals surface area contributed by atoms with Crippen molar-refractivity contribution in [1.29, 1.82) is 0 Å². The zero-order chi connectivity index (χ0) is 31.4. The predicted molar refractivity (Wildman–Crippen MR) is 167 cm³/mol. The van der Waals surface area contributed by atoms with Crippen LogP contribution in [0.1, 0.15) is 24.0 Å². The average Bonchev–Trinajstić information content (AvgIpc) is 3.39. The van der Waals surface area contributed by atoms with Crippen molar-refractivity contribution in [3.05, 3.63) is 71.9 Å². The molecule has 230 valence electrons. The van der Waals surface area contributed by atoms with Gasteiger partial charge in [0.25, 0.3) is 0 Å². The molecule has 43 heavy (non-hydrogen) atoms. The number of hydrogen-bond donors (Lipinski definition) is 9.